The third kappa shape index (κ3) is 3.27. The van der Waals surface area contributed by atoms with Crippen molar-refractivity contribution >= 4 is 17.6 Å². The molecule has 5 nitrogen and oxygen atoms in total. The highest BCUT2D eigenvalue weighted by Crippen LogP contribution is 2.14. The van der Waals surface area contributed by atoms with Gasteiger partial charge in [0.2, 0.25) is 5.95 Å². The van der Waals surface area contributed by atoms with E-state index in [1.54, 1.807) is 7.05 Å². The van der Waals surface area contributed by atoms with Crippen LogP contribution in [0, 0.1) is 5.92 Å². The highest BCUT2D eigenvalue weighted by molar-refractivity contribution is 5.51. The minimum Gasteiger partial charge on any atom is -0.373 e. The maximum atomic E-state index is 5.58. The van der Waals surface area contributed by atoms with E-state index < -0.39 is 0 Å². The van der Waals surface area contributed by atoms with Crippen LogP contribution >= 0.6 is 0 Å². The van der Waals surface area contributed by atoms with Crippen LogP contribution < -0.4 is 16.4 Å². The van der Waals surface area contributed by atoms with Gasteiger partial charge in [-0.15, -0.1) is 0 Å². The van der Waals surface area contributed by atoms with Crippen LogP contribution in [0.1, 0.15) is 20.8 Å². The first kappa shape index (κ1) is 11.6. The van der Waals surface area contributed by atoms with Crippen LogP contribution in [-0.2, 0) is 0 Å². The zero-order valence-corrected chi connectivity index (χ0v) is 9.70. The summed E-state index contributed by atoms with van der Waals surface area (Å²) in [6.45, 7) is 6.42. The average molecular weight is 209 g/mol. The number of aromatic nitrogens is 2. The van der Waals surface area contributed by atoms with Gasteiger partial charge in [-0.3, -0.25) is 0 Å². The fraction of sp³-hybridized carbons (Fsp3) is 0.600. The molecule has 0 spiro atoms. The largest absolute Gasteiger partial charge is 0.373 e. The number of nitrogens with two attached hydrogens (primary N) is 1. The average Bonchev–Trinajstić information content (AvgIpc) is 2.16. The lowest BCUT2D eigenvalue weighted by Gasteiger charge is -2.18. The lowest BCUT2D eigenvalue weighted by atomic mass is 10.1. The molecule has 0 aliphatic heterocycles. The molecule has 1 aromatic rings. The van der Waals surface area contributed by atoms with Gasteiger partial charge >= 0.3 is 0 Å². The second-order valence-corrected chi connectivity index (χ2v) is 3.92. The molecule has 84 valence electrons. The van der Waals surface area contributed by atoms with E-state index in [0.717, 1.165) is 11.6 Å². The molecule has 0 aliphatic rings. The maximum absolute atomic E-state index is 5.58. The molecule has 0 saturated carbocycles. The minimum atomic E-state index is 0.278. The molecule has 0 radical (unpaired) electrons. The van der Waals surface area contributed by atoms with Gasteiger partial charge in [0, 0.05) is 19.2 Å². The molecule has 1 unspecified atom stereocenters. The quantitative estimate of drug-likeness (QED) is 0.701. The Labute approximate surface area is 90.5 Å². The van der Waals surface area contributed by atoms with E-state index in [9.17, 15) is 0 Å². The van der Waals surface area contributed by atoms with Crippen molar-refractivity contribution in [2.75, 3.05) is 23.4 Å². The van der Waals surface area contributed by atoms with E-state index in [0.29, 0.717) is 12.0 Å². The fourth-order valence-electron chi connectivity index (χ4n) is 1.07. The molecule has 0 saturated heterocycles. The Morgan fingerprint density at radius 3 is 2.33 bits per heavy atom. The SMILES string of the molecule is CNc1cc(NC(C)C(C)C)nc(N)n1. The molecule has 4 N–H and O–H groups in total. The zero-order valence-electron chi connectivity index (χ0n) is 9.70. The molecule has 1 rings (SSSR count). The van der Waals surface area contributed by atoms with Gasteiger partial charge in [-0.05, 0) is 12.8 Å². The number of hydrogen-bond acceptors (Lipinski definition) is 5. The molecule has 0 fully saturated rings. The summed E-state index contributed by atoms with van der Waals surface area (Å²) in [5.41, 5.74) is 5.58. The van der Waals surface area contributed by atoms with Crippen LogP contribution in [0.4, 0.5) is 17.6 Å². The summed E-state index contributed by atoms with van der Waals surface area (Å²) in [4.78, 5) is 8.14. The first-order valence-corrected chi connectivity index (χ1v) is 5.11. The number of rotatable bonds is 4. The Kier molecular flexibility index (Phi) is 3.71. The Bertz CT molecular complexity index is 324. The van der Waals surface area contributed by atoms with E-state index in [1.807, 2.05) is 6.07 Å². The number of hydrogen-bond donors (Lipinski definition) is 3. The summed E-state index contributed by atoms with van der Waals surface area (Å²) in [6.07, 6.45) is 0. The lowest BCUT2D eigenvalue weighted by Crippen LogP contribution is -2.22. The van der Waals surface area contributed by atoms with Crippen molar-refractivity contribution in [1.29, 1.82) is 0 Å². The molecule has 1 aromatic heterocycles. The number of nitrogens with one attached hydrogen (secondary N) is 2. The first-order chi connectivity index (χ1) is 7.02. The molecule has 0 aliphatic carbocycles. The maximum Gasteiger partial charge on any atom is 0.223 e. The van der Waals surface area contributed by atoms with Crippen LogP contribution in [0.15, 0.2) is 6.07 Å². The predicted molar refractivity (Wildman–Crippen MR) is 63.9 cm³/mol. The van der Waals surface area contributed by atoms with Crippen LogP contribution in [0.3, 0.4) is 0 Å². The second kappa shape index (κ2) is 4.82. The van der Waals surface area contributed by atoms with Crippen LogP contribution in [-0.4, -0.2) is 23.1 Å². The van der Waals surface area contributed by atoms with Gasteiger partial charge in [0.05, 0.1) is 0 Å². The van der Waals surface area contributed by atoms with E-state index in [2.05, 4.69) is 41.4 Å². The van der Waals surface area contributed by atoms with E-state index in [4.69, 9.17) is 5.73 Å². The number of nitrogen functional groups attached to an aromatic ring is 1. The van der Waals surface area contributed by atoms with E-state index in [1.165, 1.54) is 0 Å². The van der Waals surface area contributed by atoms with Crippen molar-refractivity contribution in [3.05, 3.63) is 6.07 Å². The summed E-state index contributed by atoms with van der Waals surface area (Å²) < 4.78 is 0. The van der Waals surface area contributed by atoms with Crippen LogP contribution in [0.5, 0.6) is 0 Å². The molecule has 1 heterocycles. The predicted octanol–water partition coefficient (Wildman–Crippen LogP) is 1.56. The van der Waals surface area contributed by atoms with Crippen molar-refractivity contribution < 1.29 is 0 Å². The summed E-state index contributed by atoms with van der Waals surface area (Å²) >= 11 is 0. The van der Waals surface area contributed by atoms with Gasteiger partial charge in [-0.1, -0.05) is 13.8 Å². The summed E-state index contributed by atoms with van der Waals surface area (Å²) in [5, 5.41) is 6.23. The molecule has 0 bridgehead atoms. The molecule has 0 aromatic carbocycles. The zero-order chi connectivity index (χ0) is 11.4. The van der Waals surface area contributed by atoms with E-state index >= 15 is 0 Å². The Hall–Kier alpha value is -1.52. The van der Waals surface area contributed by atoms with Gasteiger partial charge in [0.1, 0.15) is 11.6 Å². The smallest absolute Gasteiger partial charge is 0.223 e. The van der Waals surface area contributed by atoms with Crippen molar-refractivity contribution in [3.63, 3.8) is 0 Å². The number of nitrogens with zero attached hydrogens (tertiary/aromatic N) is 2. The number of anilines is 3. The van der Waals surface area contributed by atoms with Crippen LogP contribution in [0.2, 0.25) is 0 Å². The minimum absolute atomic E-state index is 0.278. The van der Waals surface area contributed by atoms with Gasteiger partial charge in [-0.2, -0.15) is 9.97 Å². The highest BCUT2D eigenvalue weighted by Gasteiger charge is 2.08. The fourth-order valence-corrected chi connectivity index (χ4v) is 1.07. The normalized spacial score (nSPS) is 12.6. The summed E-state index contributed by atoms with van der Waals surface area (Å²) in [7, 11) is 1.80. The standard InChI is InChI=1S/C10H19N5/c1-6(2)7(3)13-9-5-8(12-4)14-10(11)15-9/h5-7H,1-4H3,(H4,11,12,13,14,15). The second-order valence-electron chi connectivity index (χ2n) is 3.92. The van der Waals surface area contributed by atoms with Crippen molar-refractivity contribution in [2.45, 2.75) is 26.8 Å². The van der Waals surface area contributed by atoms with Crippen molar-refractivity contribution in [2.24, 2.45) is 5.92 Å². The van der Waals surface area contributed by atoms with E-state index in [-0.39, 0.29) is 5.95 Å². The lowest BCUT2D eigenvalue weighted by molar-refractivity contribution is 0.558. The Balaban J connectivity index is 2.80. The van der Waals surface area contributed by atoms with Gasteiger partial charge in [0.25, 0.3) is 0 Å². The van der Waals surface area contributed by atoms with Gasteiger partial charge in [-0.25, -0.2) is 0 Å². The molecular weight excluding hydrogens is 190 g/mol. The van der Waals surface area contributed by atoms with Gasteiger partial charge < -0.3 is 16.4 Å². The molecular formula is C10H19N5. The summed E-state index contributed by atoms with van der Waals surface area (Å²) in [5.74, 6) is 2.30. The van der Waals surface area contributed by atoms with Crippen LogP contribution in [0.25, 0.3) is 0 Å². The van der Waals surface area contributed by atoms with Crippen molar-refractivity contribution in [3.8, 4) is 0 Å². The third-order valence-electron chi connectivity index (χ3n) is 2.38. The molecule has 15 heavy (non-hydrogen) atoms. The highest BCUT2D eigenvalue weighted by atomic mass is 15.1. The third-order valence-corrected chi connectivity index (χ3v) is 2.38. The Morgan fingerprint density at radius 1 is 1.20 bits per heavy atom. The topological polar surface area (TPSA) is 75.9 Å². The molecule has 1 atom stereocenters. The Morgan fingerprint density at radius 2 is 1.80 bits per heavy atom. The molecule has 0 amide bonds. The van der Waals surface area contributed by atoms with Crippen molar-refractivity contribution in [1.82, 2.24) is 9.97 Å². The molecule has 5 heteroatoms. The van der Waals surface area contributed by atoms with Gasteiger partial charge in [0.15, 0.2) is 0 Å². The first-order valence-electron chi connectivity index (χ1n) is 5.11. The summed E-state index contributed by atoms with van der Waals surface area (Å²) in [6, 6.07) is 2.19. The monoisotopic (exact) mass is 209 g/mol.